The topological polar surface area (TPSA) is 62.4 Å². The third kappa shape index (κ3) is 4.45. The van der Waals surface area contributed by atoms with Crippen molar-refractivity contribution < 1.29 is 0 Å². The number of nitrogens with zero attached hydrogens (tertiary/aromatic N) is 5. The van der Waals surface area contributed by atoms with Gasteiger partial charge in [0.25, 0.3) is 0 Å². The number of fused-ring (bicyclic) bond motifs is 9. The normalized spacial score (nSPS) is 11.6. The van der Waals surface area contributed by atoms with E-state index in [1.165, 1.54) is 21.8 Å². The van der Waals surface area contributed by atoms with Crippen molar-refractivity contribution in [2.45, 2.75) is 0 Å². The van der Waals surface area contributed by atoms with Gasteiger partial charge in [-0.05, 0) is 78.9 Å². The molecule has 5 heteroatoms. The fourth-order valence-electron chi connectivity index (χ4n) is 8.77. The minimum absolute atomic E-state index is 0.574. The molecule has 3 aromatic heterocycles. The van der Waals surface area contributed by atoms with Crippen LogP contribution >= 0.6 is 0 Å². The molecule has 0 radical (unpaired) electrons. The Kier molecular flexibility index (Phi) is 6.61. The Morgan fingerprint density at radius 3 is 1.40 bits per heavy atom. The van der Waals surface area contributed by atoms with E-state index in [-0.39, 0.29) is 0 Å². The lowest BCUT2D eigenvalue weighted by Gasteiger charge is -2.19. The molecule has 0 saturated heterocycles. The van der Waals surface area contributed by atoms with Gasteiger partial charge in [-0.25, -0.2) is 0 Å². The predicted molar refractivity (Wildman–Crippen MR) is 224 cm³/mol. The van der Waals surface area contributed by atoms with Crippen LogP contribution in [-0.4, -0.2) is 13.7 Å². The van der Waals surface area contributed by atoms with Gasteiger partial charge in [0, 0.05) is 49.1 Å². The van der Waals surface area contributed by atoms with E-state index in [1.54, 1.807) is 0 Å². The van der Waals surface area contributed by atoms with Gasteiger partial charge in [-0.2, -0.15) is 10.5 Å². The van der Waals surface area contributed by atoms with Crippen LogP contribution in [0.15, 0.2) is 176 Å². The molecule has 0 aliphatic heterocycles. The van der Waals surface area contributed by atoms with Gasteiger partial charge in [0.1, 0.15) is 0 Å². The number of hydrogen-bond donors (Lipinski definition) is 0. The summed E-state index contributed by atoms with van der Waals surface area (Å²) in [5, 5.41) is 27.1. The highest BCUT2D eigenvalue weighted by molar-refractivity contribution is 6.13. The Labute approximate surface area is 316 Å². The van der Waals surface area contributed by atoms with Crippen molar-refractivity contribution in [2.24, 2.45) is 0 Å². The lowest BCUT2D eigenvalue weighted by molar-refractivity contribution is 1.15. The average Bonchev–Trinajstić information content (AvgIpc) is 3.88. The second kappa shape index (κ2) is 11.8. The third-order valence-corrected chi connectivity index (χ3v) is 11.1. The van der Waals surface area contributed by atoms with Gasteiger partial charge in [0.2, 0.25) is 0 Å². The van der Waals surface area contributed by atoms with Crippen LogP contribution in [0.25, 0.3) is 93.6 Å². The van der Waals surface area contributed by atoms with Gasteiger partial charge in [-0.1, -0.05) is 97.1 Å². The lowest BCUT2D eigenvalue weighted by Crippen LogP contribution is -2.02. The molecule has 0 atom stereocenters. The van der Waals surface area contributed by atoms with E-state index >= 15 is 0 Å². The molecule has 0 spiro atoms. The highest BCUT2D eigenvalue weighted by Gasteiger charge is 2.21. The summed E-state index contributed by atoms with van der Waals surface area (Å²) in [6.07, 6.45) is 0. The van der Waals surface area contributed by atoms with Crippen molar-refractivity contribution in [2.75, 3.05) is 0 Å². The first-order valence-corrected chi connectivity index (χ1v) is 18.3. The van der Waals surface area contributed by atoms with Crippen molar-refractivity contribution in [1.82, 2.24) is 13.7 Å². The maximum atomic E-state index is 10.2. The second-order valence-corrected chi connectivity index (χ2v) is 14.0. The maximum Gasteiger partial charge on any atom is 0.0992 e. The number of benzene rings is 8. The second-order valence-electron chi connectivity index (χ2n) is 14.0. The van der Waals surface area contributed by atoms with E-state index in [2.05, 4.69) is 153 Å². The van der Waals surface area contributed by atoms with E-state index in [9.17, 15) is 10.5 Å². The van der Waals surface area contributed by atoms with E-state index in [4.69, 9.17) is 0 Å². The molecule has 11 aromatic rings. The summed E-state index contributed by atoms with van der Waals surface area (Å²) >= 11 is 0. The van der Waals surface area contributed by atoms with Crippen LogP contribution in [0.5, 0.6) is 0 Å². The van der Waals surface area contributed by atoms with Gasteiger partial charge < -0.3 is 13.7 Å². The van der Waals surface area contributed by atoms with Crippen LogP contribution in [0.4, 0.5) is 0 Å². The minimum Gasteiger partial charge on any atom is -0.309 e. The molecule has 0 saturated carbocycles. The molecule has 0 bridgehead atoms. The number of aromatic nitrogens is 3. The zero-order valence-electron chi connectivity index (χ0n) is 29.5. The molecule has 8 aromatic carbocycles. The Balaban J connectivity index is 1.19. The fraction of sp³-hybridized carbons (Fsp3) is 0. The molecular formula is C50H29N5. The highest BCUT2D eigenvalue weighted by Crippen LogP contribution is 2.42. The quantitative estimate of drug-likeness (QED) is 0.184. The van der Waals surface area contributed by atoms with Crippen molar-refractivity contribution in [3.8, 4) is 40.3 Å². The van der Waals surface area contributed by atoms with Crippen molar-refractivity contribution in [1.29, 1.82) is 10.5 Å². The molecule has 55 heavy (non-hydrogen) atoms. The largest absolute Gasteiger partial charge is 0.309 e. The molecular weight excluding hydrogens is 671 g/mol. The number of rotatable bonds is 4. The van der Waals surface area contributed by atoms with Gasteiger partial charge in [0.05, 0.1) is 67.7 Å². The van der Waals surface area contributed by atoms with E-state index in [1.807, 2.05) is 48.5 Å². The SMILES string of the molecule is N#Cc1ccc(-n2c3ccccc3c3ccc(C#N)cc32)c(-c2ccccc2-n2c3ccccc3c3cc(-n4c5ccccc5c5ccccc54)ccc32)c1. The number of para-hydroxylation sites is 5. The lowest BCUT2D eigenvalue weighted by atomic mass is 9.98. The number of nitriles is 2. The Bertz CT molecular complexity index is 3420. The highest BCUT2D eigenvalue weighted by atomic mass is 15.0. The molecule has 11 rings (SSSR count). The first-order chi connectivity index (χ1) is 27.2. The molecule has 0 aliphatic rings. The Morgan fingerprint density at radius 2 is 0.764 bits per heavy atom. The van der Waals surface area contributed by atoms with Crippen LogP contribution in [-0.2, 0) is 0 Å². The molecule has 0 aliphatic carbocycles. The van der Waals surface area contributed by atoms with Crippen molar-refractivity contribution in [3.63, 3.8) is 0 Å². The van der Waals surface area contributed by atoms with Crippen LogP contribution < -0.4 is 0 Å². The van der Waals surface area contributed by atoms with Crippen LogP contribution in [0, 0.1) is 22.7 Å². The molecule has 254 valence electrons. The summed E-state index contributed by atoms with van der Waals surface area (Å²) in [4.78, 5) is 0. The van der Waals surface area contributed by atoms with Gasteiger partial charge >= 0.3 is 0 Å². The van der Waals surface area contributed by atoms with Crippen molar-refractivity contribution in [3.05, 3.63) is 187 Å². The van der Waals surface area contributed by atoms with Crippen LogP contribution in [0.3, 0.4) is 0 Å². The van der Waals surface area contributed by atoms with E-state index in [0.29, 0.717) is 11.1 Å². The zero-order valence-corrected chi connectivity index (χ0v) is 29.5. The van der Waals surface area contributed by atoms with Crippen LogP contribution in [0.2, 0.25) is 0 Å². The summed E-state index contributed by atoms with van der Waals surface area (Å²) in [6, 6.07) is 66.0. The van der Waals surface area contributed by atoms with Crippen LogP contribution in [0.1, 0.15) is 11.1 Å². The average molecular weight is 700 g/mol. The molecule has 0 amide bonds. The molecule has 0 N–H and O–H groups in total. The fourth-order valence-corrected chi connectivity index (χ4v) is 8.77. The Hall–Kier alpha value is -7.86. The predicted octanol–water partition coefficient (Wildman–Crippen LogP) is 12.4. The summed E-state index contributed by atoms with van der Waals surface area (Å²) in [5.74, 6) is 0. The number of hydrogen-bond acceptors (Lipinski definition) is 2. The zero-order chi connectivity index (χ0) is 36.6. The van der Waals surface area contributed by atoms with Crippen molar-refractivity contribution >= 4 is 65.4 Å². The first kappa shape index (κ1) is 30.7. The summed E-state index contributed by atoms with van der Waals surface area (Å²) in [5.41, 5.74) is 12.6. The minimum atomic E-state index is 0.574. The maximum absolute atomic E-state index is 10.2. The van der Waals surface area contributed by atoms with E-state index in [0.717, 1.165) is 71.8 Å². The smallest absolute Gasteiger partial charge is 0.0992 e. The summed E-state index contributed by atoms with van der Waals surface area (Å²) < 4.78 is 6.97. The molecule has 5 nitrogen and oxygen atoms in total. The molecule has 3 heterocycles. The molecule has 0 unspecified atom stereocenters. The summed E-state index contributed by atoms with van der Waals surface area (Å²) in [7, 11) is 0. The first-order valence-electron chi connectivity index (χ1n) is 18.3. The monoisotopic (exact) mass is 699 g/mol. The standard InChI is InChI=1S/C50H29N5/c51-30-32-22-25-48(55-45-18-8-3-13-37(45)40-24-21-33(31-52)28-50(40)55)41(27-32)38-14-4-9-19-46(38)54-47-20-10-5-15-39(47)42-29-34(23-26-49(42)54)53-43-16-6-1-11-35(43)36-12-2-7-17-44(36)53/h1-29H. The van der Waals surface area contributed by atoms with Gasteiger partial charge in [-0.3, -0.25) is 0 Å². The van der Waals surface area contributed by atoms with E-state index < -0.39 is 0 Å². The third-order valence-electron chi connectivity index (χ3n) is 11.1. The van der Waals surface area contributed by atoms with Gasteiger partial charge in [-0.15, -0.1) is 0 Å². The van der Waals surface area contributed by atoms with Gasteiger partial charge in [0.15, 0.2) is 0 Å². The molecule has 0 fully saturated rings. The summed E-state index contributed by atoms with van der Waals surface area (Å²) in [6.45, 7) is 0. The Morgan fingerprint density at radius 1 is 0.309 bits per heavy atom.